The van der Waals surface area contributed by atoms with Gasteiger partial charge in [-0.1, -0.05) is 13.8 Å². The molecule has 0 unspecified atom stereocenters. The number of nitrogens with zero attached hydrogens (tertiary/aromatic N) is 1. The van der Waals surface area contributed by atoms with Crippen molar-refractivity contribution in [3.05, 3.63) is 51.4 Å². The van der Waals surface area contributed by atoms with E-state index in [0.717, 1.165) is 10.4 Å². The van der Waals surface area contributed by atoms with Gasteiger partial charge >= 0.3 is 0 Å². The van der Waals surface area contributed by atoms with Gasteiger partial charge in [-0.3, -0.25) is 4.79 Å². The molecule has 1 aromatic carbocycles. The number of hydrogen-bond donors (Lipinski definition) is 1. The maximum Gasteiger partial charge on any atom is 0.260 e. The molecule has 0 aliphatic carbocycles. The molecule has 3 nitrogen and oxygen atoms in total. The third-order valence-corrected chi connectivity index (χ3v) is 4.10. The van der Waals surface area contributed by atoms with E-state index in [1.54, 1.807) is 12.1 Å². The van der Waals surface area contributed by atoms with Crippen LogP contribution >= 0.6 is 11.3 Å². The molecule has 0 radical (unpaired) electrons. The summed E-state index contributed by atoms with van der Waals surface area (Å²) in [5.41, 5.74) is 1.58. The van der Waals surface area contributed by atoms with E-state index < -0.39 is 0 Å². The Morgan fingerprint density at radius 2 is 1.95 bits per heavy atom. The fourth-order valence-electron chi connectivity index (χ4n) is 2.14. The molecule has 102 valence electrons. The predicted molar refractivity (Wildman–Crippen MR) is 79.7 cm³/mol. The van der Waals surface area contributed by atoms with E-state index in [0.29, 0.717) is 16.8 Å². The molecule has 0 fully saturated rings. The summed E-state index contributed by atoms with van der Waals surface area (Å²) >= 11 is 1.46. The topological polar surface area (TPSA) is 45.8 Å². The summed E-state index contributed by atoms with van der Waals surface area (Å²) in [6.45, 7) is 4.10. The standard InChI is InChI=1S/C15H13FN2OS/c1-8(2)11-7-20-15-12(11)14(19)17-13(18-15)9-3-5-10(16)6-4-9/h3-8H,1-2H3,(H,17,18,19). The molecule has 2 heterocycles. The number of rotatable bonds is 2. The van der Waals surface area contributed by atoms with Crippen LogP contribution in [-0.4, -0.2) is 9.97 Å². The van der Waals surface area contributed by atoms with E-state index in [9.17, 15) is 9.18 Å². The molecule has 0 saturated heterocycles. The Hall–Kier alpha value is -2.01. The summed E-state index contributed by atoms with van der Waals surface area (Å²) in [5, 5.41) is 2.64. The maximum absolute atomic E-state index is 12.9. The zero-order chi connectivity index (χ0) is 14.3. The van der Waals surface area contributed by atoms with E-state index in [2.05, 4.69) is 23.8 Å². The molecule has 2 aromatic heterocycles. The first-order chi connectivity index (χ1) is 9.56. The van der Waals surface area contributed by atoms with Gasteiger partial charge in [0, 0.05) is 5.56 Å². The van der Waals surface area contributed by atoms with Crippen LogP contribution in [0.3, 0.4) is 0 Å². The van der Waals surface area contributed by atoms with Gasteiger partial charge in [0.15, 0.2) is 0 Å². The van der Waals surface area contributed by atoms with Gasteiger partial charge in [0.25, 0.3) is 5.56 Å². The van der Waals surface area contributed by atoms with Gasteiger partial charge in [0.1, 0.15) is 16.5 Å². The Morgan fingerprint density at radius 3 is 2.60 bits per heavy atom. The summed E-state index contributed by atoms with van der Waals surface area (Å²) < 4.78 is 12.9. The Kier molecular flexibility index (Phi) is 3.14. The highest BCUT2D eigenvalue weighted by Gasteiger charge is 2.14. The molecule has 20 heavy (non-hydrogen) atoms. The van der Waals surface area contributed by atoms with E-state index in [1.807, 2.05) is 5.38 Å². The summed E-state index contributed by atoms with van der Waals surface area (Å²) in [6.07, 6.45) is 0. The van der Waals surface area contributed by atoms with Gasteiger partial charge in [-0.2, -0.15) is 0 Å². The van der Waals surface area contributed by atoms with Crippen LogP contribution < -0.4 is 5.56 Å². The monoisotopic (exact) mass is 288 g/mol. The summed E-state index contributed by atoms with van der Waals surface area (Å²) in [7, 11) is 0. The minimum absolute atomic E-state index is 0.140. The lowest BCUT2D eigenvalue weighted by Crippen LogP contribution is -2.10. The van der Waals surface area contributed by atoms with E-state index >= 15 is 0 Å². The van der Waals surface area contributed by atoms with Crippen LogP contribution in [0.25, 0.3) is 21.6 Å². The van der Waals surface area contributed by atoms with Crippen LogP contribution in [0.1, 0.15) is 25.3 Å². The van der Waals surface area contributed by atoms with Crippen molar-refractivity contribution >= 4 is 21.6 Å². The molecule has 0 saturated carbocycles. The molecular formula is C15H13FN2OS. The van der Waals surface area contributed by atoms with Gasteiger partial charge in [-0.25, -0.2) is 9.37 Å². The highest BCUT2D eigenvalue weighted by Crippen LogP contribution is 2.28. The Bertz CT molecular complexity index is 818. The van der Waals surface area contributed by atoms with Gasteiger partial charge < -0.3 is 4.98 Å². The van der Waals surface area contributed by atoms with Crippen molar-refractivity contribution in [2.45, 2.75) is 19.8 Å². The van der Waals surface area contributed by atoms with Gasteiger partial charge in [-0.05, 0) is 41.1 Å². The minimum atomic E-state index is -0.310. The third-order valence-electron chi connectivity index (χ3n) is 3.21. The normalized spacial score (nSPS) is 11.4. The second-order valence-corrected chi connectivity index (χ2v) is 5.81. The number of thiophene rings is 1. The number of aromatic amines is 1. The second kappa shape index (κ2) is 4.83. The molecule has 0 bridgehead atoms. The fourth-order valence-corrected chi connectivity index (χ4v) is 3.24. The van der Waals surface area contributed by atoms with Crippen molar-refractivity contribution in [2.24, 2.45) is 0 Å². The number of aromatic nitrogens is 2. The molecule has 0 spiro atoms. The zero-order valence-electron chi connectivity index (χ0n) is 11.1. The molecule has 5 heteroatoms. The van der Waals surface area contributed by atoms with Crippen LogP contribution in [0.2, 0.25) is 0 Å². The Labute approximate surface area is 119 Å². The van der Waals surface area contributed by atoms with Crippen molar-refractivity contribution in [3.8, 4) is 11.4 Å². The fraction of sp³-hybridized carbons (Fsp3) is 0.200. The highest BCUT2D eigenvalue weighted by atomic mass is 32.1. The predicted octanol–water partition coefficient (Wildman–Crippen LogP) is 3.91. The molecular weight excluding hydrogens is 275 g/mol. The molecule has 0 aliphatic heterocycles. The van der Waals surface area contributed by atoms with Crippen LogP contribution in [-0.2, 0) is 0 Å². The van der Waals surface area contributed by atoms with Gasteiger partial charge in [0.05, 0.1) is 5.39 Å². The van der Waals surface area contributed by atoms with Crippen molar-refractivity contribution in [2.75, 3.05) is 0 Å². The lowest BCUT2D eigenvalue weighted by atomic mass is 10.0. The Morgan fingerprint density at radius 1 is 1.25 bits per heavy atom. The van der Waals surface area contributed by atoms with Crippen LogP contribution in [0.5, 0.6) is 0 Å². The number of benzene rings is 1. The largest absolute Gasteiger partial charge is 0.306 e. The maximum atomic E-state index is 12.9. The molecule has 0 aliphatic rings. The third kappa shape index (κ3) is 2.14. The summed E-state index contributed by atoms with van der Waals surface area (Å²) in [4.78, 5) is 20.2. The smallest absolute Gasteiger partial charge is 0.260 e. The number of H-pyrrole nitrogens is 1. The highest BCUT2D eigenvalue weighted by molar-refractivity contribution is 7.16. The molecule has 1 N–H and O–H groups in total. The van der Waals surface area contributed by atoms with Crippen molar-refractivity contribution in [1.29, 1.82) is 0 Å². The molecule has 3 rings (SSSR count). The van der Waals surface area contributed by atoms with Gasteiger partial charge in [0.2, 0.25) is 0 Å². The van der Waals surface area contributed by atoms with Crippen LogP contribution in [0.15, 0.2) is 34.4 Å². The number of fused-ring (bicyclic) bond motifs is 1. The Balaban J connectivity index is 2.21. The molecule has 3 aromatic rings. The van der Waals surface area contributed by atoms with E-state index in [4.69, 9.17) is 0 Å². The number of nitrogens with one attached hydrogen (secondary N) is 1. The van der Waals surface area contributed by atoms with E-state index in [1.165, 1.54) is 23.5 Å². The summed E-state index contributed by atoms with van der Waals surface area (Å²) in [5.74, 6) is 0.443. The zero-order valence-corrected chi connectivity index (χ0v) is 11.9. The average molecular weight is 288 g/mol. The van der Waals surface area contributed by atoms with Crippen molar-refractivity contribution in [3.63, 3.8) is 0 Å². The number of hydrogen-bond acceptors (Lipinski definition) is 3. The van der Waals surface area contributed by atoms with Gasteiger partial charge in [-0.15, -0.1) is 11.3 Å². The average Bonchev–Trinajstić information content (AvgIpc) is 2.84. The minimum Gasteiger partial charge on any atom is -0.306 e. The van der Waals surface area contributed by atoms with Crippen LogP contribution in [0, 0.1) is 5.82 Å². The molecule has 0 amide bonds. The van der Waals surface area contributed by atoms with Crippen LogP contribution in [0.4, 0.5) is 4.39 Å². The SMILES string of the molecule is CC(C)c1csc2nc(-c3ccc(F)cc3)[nH]c(=O)c12. The lowest BCUT2D eigenvalue weighted by molar-refractivity contribution is 0.628. The second-order valence-electron chi connectivity index (χ2n) is 4.95. The first kappa shape index (κ1) is 13.0. The first-order valence-corrected chi connectivity index (χ1v) is 7.21. The number of halogens is 1. The quantitative estimate of drug-likeness (QED) is 0.777. The molecule has 0 atom stereocenters. The first-order valence-electron chi connectivity index (χ1n) is 6.33. The van der Waals surface area contributed by atoms with E-state index in [-0.39, 0.29) is 17.3 Å². The summed E-state index contributed by atoms with van der Waals surface area (Å²) in [6, 6.07) is 5.92. The lowest BCUT2D eigenvalue weighted by Gasteiger charge is -2.04. The van der Waals surface area contributed by atoms with Crippen molar-refractivity contribution < 1.29 is 4.39 Å². The van der Waals surface area contributed by atoms with Crippen molar-refractivity contribution in [1.82, 2.24) is 9.97 Å².